The van der Waals surface area contributed by atoms with E-state index < -0.39 is 5.91 Å². The second kappa shape index (κ2) is 10.1. The summed E-state index contributed by atoms with van der Waals surface area (Å²) >= 11 is 0. The van der Waals surface area contributed by atoms with Crippen molar-refractivity contribution in [3.63, 3.8) is 0 Å². The lowest BCUT2D eigenvalue weighted by Gasteiger charge is -2.30. The van der Waals surface area contributed by atoms with Crippen LogP contribution < -0.4 is 10.6 Å². The number of nitrogens with zero attached hydrogens (tertiary/aromatic N) is 3. The highest BCUT2D eigenvalue weighted by atomic mass is 16.5. The van der Waals surface area contributed by atoms with E-state index in [1.54, 1.807) is 30.0 Å². The van der Waals surface area contributed by atoms with Crippen molar-refractivity contribution in [2.45, 2.75) is 32.1 Å². The lowest BCUT2D eigenvalue weighted by molar-refractivity contribution is -0.131. The molecule has 0 radical (unpaired) electrons. The van der Waals surface area contributed by atoms with Gasteiger partial charge < -0.3 is 24.5 Å². The first-order valence-electron chi connectivity index (χ1n) is 10.9. The molecule has 0 unspecified atom stereocenters. The largest absolute Gasteiger partial charge is 0.459 e. The molecule has 3 aromatic rings. The molecule has 10 nitrogen and oxygen atoms in total. The number of hydrogen-bond acceptors (Lipinski definition) is 7. The molecular formula is C23H25N5O5. The van der Waals surface area contributed by atoms with Crippen molar-refractivity contribution in [1.29, 1.82) is 0 Å². The number of nitrogens with one attached hydrogen (secondary N) is 2. The highest BCUT2D eigenvalue weighted by Crippen LogP contribution is 2.29. The summed E-state index contributed by atoms with van der Waals surface area (Å²) in [6.45, 7) is 2.78. The summed E-state index contributed by atoms with van der Waals surface area (Å²) in [5.41, 5.74) is 1.43. The van der Waals surface area contributed by atoms with E-state index in [0.717, 1.165) is 5.56 Å². The number of aromatic nitrogens is 2. The molecular weight excluding hydrogens is 426 g/mol. The van der Waals surface area contributed by atoms with Crippen LogP contribution in [-0.4, -0.2) is 52.4 Å². The minimum atomic E-state index is -0.417. The van der Waals surface area contributed by atoms with E-state index in [-0.39, 0.29) is 30.0 Å². The minimum absolute atomic E-state index is 0.0518. The second-order valence-electron chi connectivity index (χ2n) is 7.75. The number of benzene rings is 1. The third-order valence-electron chi connectivity index (χ3n) is 5.51. The fourth-order valence-corrected chi connectivity index (χ4v) is 3.64. The van der Waals surface area contributed by atoms with Gasteiger partial charge in [0.05, 0.1) is 12.8 Å². The van der Waals surface area contributed by atoms with Gasteiger partial charge in [0.15, 0.2) is 5.76 Å². The normalized spacial score (nSPS) is 14.2. The maximum absolute atomic E-state index is 12.4. The van der Waals surface area contributed by atoms with Crippen molar-refractivity contribution in [2.75, 3.05) is 25.0 Å². The summed E-state index contributed by atoms with van der Waals surface area (Å²) in [7, 11) is 0. The van der Waals surface area contributed by atoms with Gasteiger partial charge in [0.1, 0.15) is 0 Å². The molecule has 172 valence electrons. The van der Waals surface area contributed by atoms with Crippen LogP contribution in [0.5, 0.6) is 0 Å². The first kappa shape index (κ1) is 22.3. The zero-order chi connectivity index (χ0) is 23.2. The number of piperidine rings is 1. The van der Waals surface area contributed by atoms with Gasteiger partial charge in [-0.3, -0.25) is 14.4 Å². The van der Waals surface area contributed by atoms with Crippen LogP contribution in [-0.2, 0) is 9.59 Å². The van der Waals surface area contributed by atoms with Gasteiger partial charge >= 0.3 is 0 Å². The van der Waals surface area contributed by atoms with Gasteiger partial charge in [-0.1, -0.05) is 24.2 Å². The van der Waals surface area contributed by atoms with Crippen LogP contribution in [0.25, 0.3) is 11.4 Å². The number of likely N-dealkylation sites (tertiary alicyclic amines) is 1. The molecule has 33 heavy (non-hydrogen) atoms. The van der Waals surface area contributed by atoms with Crippen molar-refractivity contribution in [3.8, 4) is 11.4 Å². The lowest BCUT2D eigenvalue weighted by Crippen LogP contribution is -2.43. The highest BCUT2D eigenvalue weighted by molar-refractivity contribution is 5.94. The topological polar surface area (TPSA) is 131 Å². The Balaban J connectivity index is 1.30. The Morgan fingerprint density at radius 3 is 2.70 bits per heavy atom. The van der Waals surface area contributed by atoms with Gasteiger partial charge in [0.2, 0.25) is 23.5 Å². The Hall–Kier alpha value is -3.95. The molecule has 0 bridgehead atoms. The van der Waals surface area contributed by atoms with E-state index in [0.29, 0.717) is 49.8 Å². The van der Waals surface area contributed by atoms with Crippen molar-refractivity contribution in [1.82, 2.24) is 20.4 Å². The van der Waals surface area contributed by atoms with E-state index in [9.17, 15) is 14.4 Å². The van der Waals surface area contributed by atoms with Crippen LogP contribution in [0.15, 0.2) is 51.6 Å². The molecule has 1 saturated heterocycles. The van der Waals surface area contributed by atoms with Crippen molar-refractivity contribution in [3.05, 3.63) is 54.3 Å². The number of anilines is 1. The standard InChI is InChI=1S/C23H25N5O5/c1-2-19(29)25-17-6-3-5-16(13-17)21-26-23(33-27-21)15-8-10-28(11-9-15)20(30)14-24-22(31)18-7-4-12-32-18/h3-7,12-13,15H,2,8-11,14H2,1H3,(H,24,31)(H,25,29). The molecule has 0 atom stereocenters. The van der Waals surface area contributed by atoms with Crippen LogP contribution in [0.3, 0.4) is 0 Å². The van der Waals surface area contributed by atoms with Crippen LogP contribution in [0.2, 0.25) is 0 Å². The smallest absolute Gasteiger partial charge is 0.287 e. The van der Waals surface area contributed by atoms with E-state index in [2.05, 4.69) is 20.8 Å². The molecule has 1 aromatic carbocycles. The van der Waals surface area contributed by atoms with Gasteiger partial charge in [0, 0.05) is 36.7 Å². The van der Waals surface area contributed by atoms with Crippen LogP contribution >= 0.6 is 0 Å². The third kappa shape index (κ3) is 5.46. The van der Waals surface area contributed by atoms with E-state index >= 15 is 0 Å². The van der Waals surface area contributed by atoms with E-state index in [1.165, 1.54) is 6.26 Å². The predicted octanol–water partition coefficient (Wildman–Crippen LogP) is 2.81. The van der Waals surface area contributed by atoms with Gasteiger partial charge in [-0.25, -0.2) is 0 Å². The van der Waals surface area contributed by atoms with Crippen molar-refractivity contribution in [2.24, 2.45) is 0 Å². The summed E-state index contributed by atoms with van der Waals surface area (Å²) in [5.74, 6) is 0.583. The third-order valence-corrected chi connectivity index (χ3v) is 5.51. The van der Waals surface area contributed by atoms with Gasteiger partial charge in [0.25, 0.3) is 5.91 Å². The first-order valence-corrected chi connectivity index (χ1v) is 10.9. The number of carbonyl (C=O) groups is 3. The summed E-state index contributed by atoms with van der Waals surface area (Å²) in [5, 5.41) is 9.49. The molecule has 0 spiro atoms. The molecule has 2 N–H and O–H groups in total. The molecule has 1 aliphatic heterocycles. The number of rotatable bonds is 7. The van der Waals surface area contributed by atoms with Gasteiger partial charge in [-0.15, -0.1) is 0 Å². The van der Waals surface area contributed by atoms with Gasteiger partial charge in [-0.05, 0) is 37.1 Å². The zero-order valence-corrected chi connectivity index (χ0v) is 18.2. The average molecular weight is 451 g/mol. The minimum Gasteiger partial charge on any atom is -0.459 e. The predicted molar refractivity (Wildman–Crippen MR) is 118 cm³/mol. The maximum atomic E-state index is 12.4. The molecule has 1 aliphatic rings. The maximum Gasteiger partial charge on any atom is 0.287 e. The Morgan fingerprint density at radius 1 is 1.15 bits per heavy atom. The number of amides is 3. The van der Waals surface area contributed by atoms with Crippen molar-refractivity contribution < 1.29 is 23.3 Å². The van der Waals surface area contributed by atoms with Crippen LogP contribution in [0, 0.1) is 0 Å². The summed E-state index contributed by atoms with van der Waals surface area (Å²) in [6, 6.07) is 10.5. The number of carbonyl (C=O) groups excluding carboxylic acids is 3. The molecule has 0 aliphatic carbocycles. The summed E-state index contributed by atoms with van der Waals surface area (Å²) in [4.78, 5) is 42.2. The molecule has 10 heteroatoms. The SMILES string of the molecule is CCC(=O)Nc1cccc(-c2noc(C3CCN(C(=O)CNC(=O)c4ccco4)CC3)n2)c1. The second-order valence-corrected chi connectivity index (χ2v) is 7.75. The summed E-state index contributed by atoms with van der Waals surface area (Å²) < 4.78 is 10.5. The Labute approximate surface area is 190 Å². The molecule has 0 saturated carbocycles. The Bertz CT molecular complexity index is 1120. The molecule has 3 amide bonds. The first-order chi connectivity index (χ1) is 16.0. The molecule has 2 aromatic heterocycles. The number of hydrogen-bond donors (Lipinski definition) is 2. The highest BCUT2D eigenvalue weighted by Gasteiger charge is 2.28. The number of furan rings is 1. The monoisotopic (exact) mass is 451 g/mol. The lowest BCUT2D eigenvalue weighted by atomic mass is 9.96. The fraction of sp³-hybridized carbons (Fsp3) is 0.348. The molecule has 1 fully saturated rings. The van der Waals surface area contributed by atoms with Crippen LogP contribution in [0.1, 0.15) is 48.5 Å². The Morgan fingerprint density at radius 2 is 1.97 bits per heavy atom. The van der Waals surface area contributed by atoms with E-state index in [4.69, 9.17) is 8.94 Å². The average Bonchev–Trinajstić information content (AvgIpc) is 3.55. The van der Waals surface area contributed by atoms with Gasteiger partial charge in [-0.2, -0.15) is 4.98 Å². The molecule has 4 rings (SSSR count). The zero-order valence-electron chi connectivity index (χ0n) is 18.2. The van der Waals surface area contributed by atoms with Crippen molar-refractivity contribution >= 4 is 23.4 Å². The van der Waals surface area contributed by atoms with Crippen LogP contribution in [0.4, 0.5) is 5.69 Å². The summed E-state index contributed by atoms with van der Waals surface area (Å²) in [6.07, 6.45) is 3.18. The quantitative estimate of drug-likeness (QED) is 0.565. The molecule has 3 heterocycles. The van der Waals surface area contributed by atoms with E-state index in [1.807, 2.05) is 18.2 Å². The fourth-order valence-electron chi connectivity index (χ4n) is 3.64. The Kier molecular flexibility index (Phi) is 6.82.